The van der Waals surface area contributed by atoms with Crippen LogP contribution in [-0.2, 0) is 0 Å². The molecule has 2 rings (SSSR count). The predicted molar refractivity (Wildman–Crippen MR) is 68.1 cm³/mol. The first kappa shape index (κ1) is 12.5. The smallest absolute Gasteiger partial charge is 0.128 e. The Morgan fingerprint density at radius 2 is 2.12 bits per heavy atom. The maximum absolute atomic E-state index is 13.9. The van der Waals surface area contributed by atoms with Crippen LogP contribution in [0.15, 0.2) is 24.3 Å². The van der Waals surface area contributed by atoms with Crippen molar-refractivity contribution in [3.05, 3.63) is 35.6 Å². The third-order valence-corrected chi connectivity index (χ3v) is 3.57. The summed E-state index contributed by atoms with van der Waals surface area (Å²) in [5.41, 5.74) is 6.79. The molecule has 17 heavy (non-hydrogen) atoms. The highest BCUT2D eigenvalue weighted by Crippen LogP contribution is 2.30. The van der Waals surface area contributed by atoms with E-state index in [0.29, 0.717) is 5.92 Å². The zero-order chi connectivity index (χ0) is 12.4. The lowest BCUT2D eigenvalue weighted by atomic mass is 9.99. The second-order valence-electron chi connectivity index (χ2n) is 5.21. The summed E-state index contributed by atoms with van der Waals surface area (Å²) in [6.45, 7) is 6.22. The number of hydrogen-bond donors (Lipinski definition) is 1. The minimum atomic E-state index is -0.144. The Bertz CT molecular complexity index is 378. The monoisotopic (exact) mass is 236 g/mol. The van der Waals surface area contributed by atoms with E-state index in [1.165, 1.54) is 12.5 Å². The van der Waals surface area contributed by atoms with E-state index in [-0.39, 0.29) is 17.9 Å². The van der Waals surface area contributed by atoms with Crippen molar-refractivity contribution >= 4 is 0 Å². The van der Waals surface area contributed by atoms with Gasteiger partial charge in [-0.25, -0.2) is 4.39 Å². The summed E-state index contributed by atoms with van der Waals surface area (Å²) >= 11 is 0. The molecule has 0 spiro atoms. The molecule has 94 valence electrons. The Labute approximate surface area is 103 Å². The molecular weight excluding hydrogens is 215 g/mol. The molecule has 1 aromatic rings. The third kappa shape index (κ3) is 2.67. The molecule has 1 aromatic carbocycles. The molecule has 2 N–H and O–H groups in total. The van der Waals surface area contributed by atoms with Crippen LogP contribution in [0.1, 0.15) is 31.9 Å². The quantitative estimate of drug-likeness (QED) is 0.874. The first-order valence-corrected chi connectivity index (χ1v) is 6.33. The average molecular weight is 236 g/mol. The van der Waals surface area contributed by atoms with Gasteiger partial charge in [0.05, 0.1) is 6.04 Å². The molecule has 0 saturated carbocycles. The fourth-order valence-corrected chi connectivity index (χ4v) is 2.75. The fraction of sp³-hybridized carbons (Fsp3) is 0.571. The van der Waals surface area contributed by atoms with E-state index in [1.807, 2.05) is 19.1 Å². The molecule has 1 heterocycles. The summed E-state index contributed by atoms with van der Waals surface area (Å²) < 4.78 is 13.9. The Balaban J connectivity index is 2.27. The zero-order valence-corrected chi connectivity index (χ0v) is 10.6. The van der Waals surface area contributed by atoms with Gasteiger partial charge in [-0.15, -0.1) is 0 Å². The van der Waals surface area contributed by atoms with Gasteiger partial charge in [0.2, 0.25) is 0 Å². The molecule has 0 radical (unpaired) electrons. The number of nitrogens with zero attached hydrogens (tertiary/aromatic N) is 1. The van der Waals surface area contributed by atoms with Crippen LogP contribution in [0.2, 0.25) is 0 Å². The van der Waals surface area contributed by atoms with Crippen molar-refractivity contribution in [1.82, 2.24) is 4.90 Å². The molecule has 0 aromatic heterocycles. The largest absolute Gasteiger partial charge is 0.326 e. The highest BCUT2D eigenvalue weighted by atomic mass is 19.1. The predicted octanol–water partition coefficient (Wildman–Crippen LogP) is 2.56. The van der Waals surface area contributed by atoms with Gasteiger partial charge in [0, 0.05) is 18.2 Å². The molecule has 3 unspecified atom stereocenters. The van der Waals surface area contributed by atoms with Crippen LogP contribution < -0.4 is 5.73 Å². The lowest BCUT2D eigenvalue weighted by molar-refractivity contribution is 0.208. The molecular formula is C14H21FN2. The summed E-state index contributed by atoms with van der Waals surface area (Å²) in [7, 11) is 0. The van der Waals surface area contributed by atoms with Crippen molar-refractivity contribution in [2.24, 2.45) is 11.7 Å². The number of halogens is 1. The molecule has 0 amide bonds. The maximum Gasteiger partial charge on any atom is 0.128 e. The van der Waals surface area contributed by atoms with Gasteiger partial charge >= 0.3 is 0 Å². The van der Waals surface area contributed by atoms with Crippen LogP contribution >= 0.6 is 0 Å². The van der Waals surface area contributed by atoms with Gasteiger partial charge < -0.3 is 5.73 Å². The normalized spacial score (nSPS) is 24.8. The van der Waals surface area contributed by atoms with Gasteiger partial charge in [0.15, 0.2) is 0 Å². The van der Waals surface area contributed by atoms with Crippen LogP contribution in [-0.4, -0.2) is 24.0 Å². The summed E-state index contributed by atoms with van der Waals surface area (Å²) in [5, 5.41) is 0. The standard InChI is InChI=1S/C14H21FN2/c1-10-7-8-17(9-10)14(11(2)16)12-5-3-4-6-13(12)15/h3-6,10-11,14H,7-9,16H2,1-2H3. The Kier molecular flexibility index (Phi) is 3.79. The Hall–Kier alpha value is -0.930. The van der Waals surface area contributed by atoms with E-state index in [4.69, 9.17) is 5.73 Å². The van der Waals surface area contributed by atoms with Gasteiger partial charge in [0.1, 0.15) is 5.82 Å². The van der Waals surface area contributed by atoms with Gasteiger partial charge in [-0.3, -0.25) is 4.90 Å². The van der Waals surface area contributed by atoms with Crippen molar-refractivity contribution < 1.29 is 4.39 Å². The van der Waals surface area contributed by atoms with E-state index in [2.05, 4.69) is 11.8 Å². The van der Waals surface area contributed by atoms with Crippen LogP contribution in [0.4, 0.5) is 4.39 Å². The second-order valence-corrected chi connectivity index (χ2v) is 5.21. The Morgan fingerprint density at radius 3 is 2.65 bits per heavy atom. The number of likely N-dealkylation sites (tertiary alicyclic amines) is 1. The van der Waals surface area contributed by atoms with Gasteiger partial charge in [-0.2, -0.15) is 0 Å². The molecule has 0 aliphatic carbocycles. The lowest BCUT2D eigenvalue weighted by Gasteiger charge is -2.31. The van der Waals surface area contributed by atoms with E-state index in [0.717, 1.165) is 18.7 Å². The van der Waals surface area contributed by atoms with E-state index in [9.17, 15) is 4.39 Å². The first-order chi connectivity index (χ1) is 8.09. The summed E-state index contributed by atoms with van der Waals surface area (Å²) in [5.74, 6) is 0.539. The SMILES string of the molecule is CC1CCN(C(c2ccccc2F)C(C)N)C1. The maximum atomic E-state index is 13.9. The van der Waals surface area contributed by atoms with Gasteiger partial charge in [-0.1, -0.05) is 25.1 Å². The van der Waals surface area contributed by atoms with Crippen molar-refractivity contribution in [3.63, 3.8) is 0 Å². The lowest BCUT2D eigenvalue weighted by Crippen LogP contribution is -2.38. The molecule has 0 bridgehead atoms. The van der Waals surface area contributed by atoms with Crippen LogP contribution in [0.5, 0.6) is 0 Å². The summed E-state index contributed by atoms with van der Waals surface area (Å²) in [6, 6.07) is 6.92. The summed E-state index contributed by atoms with van der Waals surface area (Å²) in [4.78, 5) is 2.31. The third-order valence-electron chi connectivity index (χ3n) is 3.57. The molecule has 1 aliphatic heterocycles. The highest BCUT2D eigenvalue weighted by molar-refractivity contribution is 5.23. The second kappa shape index (κ2) is 5.15. The minimum absolute atomic E-state index is 0.00106. The number of nitrogens with two attached hydrogens (primary N) is 1. The van der Waals surface area contributed by atoms with Gasteiger partial charge in [-0.05, 0) is 31.9 Å². The fourth-order valence-electron chi connectivity index (χ4n) is 2.75. The topological polar surface area (TPSA) is 29.3 Å². The van der Waals surface area contributed by atoms with Crippen LogP contribution in [0, 0.1) is 11.7 Å². The van der Waals surface area contributed by atoms with Crippen molar-refractivity contribution in [3.8, 4) is 0 Å². The number of benzene rings is 1. The average Bonchev–Trinajstić information content (AvgIpc) is 2.68. The molecule has 1 aliphatic rings. The molecule has 1 saturated heterocycles. The van der Waals surface area contributed by atoms with Crippen LogP contribution in [0.3, 0.4) is 0 Å². The minimum Gasteiger partial charge on any atom is -0.326 e. The molecule has 2 nitrogen and oxygen atoms in total. The highest BCUT2D eigenvalue weighted by Gasteiger charge is 2.30. The van der Waals surface area contributed by atoms with E-state index >= 15 is 0 Å². The Morgan fingerprint density at radius 1 is 1.41 bits per heavy atom. The molecule has 3 atom stereocenters. The van der Waals surface area contributed by atoms with E-state index in [1.54, 1.807) is 6.07 Å². The molecule has 1 fully saturated rings. The number of hydrogen-bond acceptors (Lipinski definition) is 2. The van der Waals surface area contributed by atoms with E-state index < -0.39 is 0 Å². The van der Waals surface area contributed by atoms with Gasteiger partial charge in [0.25, 0.3) is 0 Å². The van der Waals surface area contributed by atoms with Crippen molar-refractivity contribution in [2.45, 2.75) is 32.4 Å². The molecule has 3 heteroatoms. The van der Waals surface area contributed by atoms with Crippen molar-refractivity contribution in [2.75, 3.05) is 13.1 Å². The zero-order valence-electron chi connectivity index (χ0n) is 10.6. The first-order valence-electron chi connectivity index (χ1n) is 6.33. The van der Waals surface area contributed by atoms with Crippen LogP contribution in [0.25, 0.3) is 0 Å². The summed E-state index contributed by atoms with van der Waals surface area (Å²) in [6.07, 6.45) is 1.18. The number of rotatable bonds is 3. The van der Waals surface area contributed by atoms with Crippen molar-refractivity contribution in [1.29, 1.82) is 0 Å².